The molecule has 0 saturated heterocycles. The van der Waals surface area contributed by atoms with Gasteiger partial charge in [0.25, 0.3) is 15.9 Å². The molecule has 0 atom stereocenters. The van der Waals surface area contributed by atoms with Crippen molar-refractivity contribution in [3.8, 4) is 5.75 Å². The summed E-state index contributed by atoms with van der Waals surface area (Å²) in [6, 6.07) is 15.3. The van der Waals surface area contributed by atoms with E-state index >= 15 is 0 Å². The van der Waals surface area contributed by atoms with Gasteiger partial charge in [0.05, 0.1) is 17.7 Å². The highest BCUT2D eigenvalue weighted by Crippen LogP contribution is 2.30. The third-order valence-electron chi connectivity index (χ3n) is 3.91. The maximum atomic E-state index is 13.1. The second kappa shape index (κ2) is 8.50. The maximum Gasteiger partial charge on any atom is 0.262 e. The Hall–Kier alpha value is -3.10. The number of nitrogens with one attached hydrogen (secondary N) is 2. The van der Waals surface area contributed by atoms with Crippen LogP contribution in [0.25, 0.3) is 0 Å². The maximum absolute atomic E-state index is 13.1. The Balaban J connectivity index is 1.87. The smallest absolute Gasteiger partial charge is 0.262 e. The molecular formula is C20H16ClFN2O4S. The molecule has 3 aromatic carbocycles. The Labute approximate surface area is 172 Å². The van der Waals surface area contributed by atoms with E-state index in [1.165, 1.54) is 25.3 Å². The van der Waals surface area contributed by atoms with E-state index in [-0.39, 0.29) is 16.3 Å². The SMILES string of the molecule is COc1ccc(NC(=O)c2cccc(Cl)c2)cc1NS(=O)(=O)c1ccc(F)cc1. The quantitative estimate of drug-likeness (QED) is 0.596. The van der Waals surface area contributed by atoms with Crippen molar-refractivity contribution < 1.29 is 22.3 Å². The molecule has 0 heterocycles. The highest BCUT2D eigenvalue weighted by Gasteiger charge is 2.18. The Morgan fingerprint density at radius 2 is 1.76 bits per heavy atom. The molecule has 9 heteroatoms. The summed E-state index contributed by atoms with van der Waals surface area (Å²) in [4.78, 5) is 12.3. The van der Waals surface area contributed by atoms with E-state index in [0.717, 1.165) is 24.3 Å². The van der Waals surface area contributed by atoms with Gasteiger partial charge in [-0.25, -0.2) is 12.8 Å². The Kier molecular flexibility index (Phi) is 6.05. The molecule has 0 aromatic heterocycles. The van der Waals surface area contributed by atoms with Crippen LogP contribution in [0.1, 0.15) is 10.4 Å². The van der Waals surface area contributed by atoms with Crippen LogP contribution in [0.2, 0.25) is 5.02 Å². The first-order chi connectivity index (χ1) is 13.8. The van der Waals surface area contributed by atoms with Crippen LogP contribution in [0, 0.1) is 5.82 Å². The summed E-state index contributed by atoms with van der Waals surface area (Å²) in [6.45, 7) is 0. The molecule has 0 aliphatic rings. The van der Waals surface area contributed by atoms with Gasteiger partial charge < -0.3 is 10.1 Å². The van der Waals surface area contributed by atoms with Gasteiger partial charge in [-0.3, -0.25) is 9.52 Å². The van der Waals surface area contributed by atoms with Crippen molar-refractivity contribution in [3.05, 3.63) is 83.1 Å². The molecule has 0 fully saturated rings. The topological polar surface area (TPSA) is 84.5 Å². The molecule has 0 aliphatic carbocycles. The average Bonchev–Trinajstić information content (AvgIpc) is 2.68. The van der Waals surface area contributed by atoms with E-state index in [2.05, 4.69) is 10.0 Å². The van der Waals surface area contributed by atoms with Gasteiger partial charge in [0.1, 0.15) is 11.6 Å². The second-order valence-electron chi connectivity index (χ2n) is 5.94. The first kappa shape index (κ1) is 20.6. The number of hydrogen-bond acceptors (Lipinski definition) is 4. The summed E-state index contributed by atoms with van der Waals surface area (Å²) in [7, 11) is -2.61. The number of methoxy groups -OCH3 is 1. The van der Waals surface area contributed by atoms with Crippen molar-refractivity contribution in [2.24, 2.45) is 0 Å². The fraction of sp³-hybridized carbons (Fsp3) is 0.0500. The van der Waals surface area contributed by atoms with Gasteiger partial charge in [0.2, 0.25) is 0 Å². The van der Waals surface area contributed by atoms with Crippen LogP contribution < -0.4 is 14.8 Å². The zero-order valence-electron chi connectivity index (χ0n) is 15.1. The number of rotatable bonds is 6. The number of carbonyl (C=O) groups excluding carboxylic acids is 1. The summed E-state index contributed by atoms with van der Waals surface area (Å²) < 4.78 is 45.8. The minimum Gasteiger partial charge on any atom is -0.495 e. The number of sulfonamides is 1. The molecule has 3 rings (SSSR count). The van der Waals surface area contributed by atoms with Crippen LogP contribution in [0.5, 0.6) is 5.75 Å². The number of hydrogen-bond donors (Lipinski definition) is 2. The van der Waals surface area contributed by atoms with E-state index in [1.54, 1.807) is 24.3 Å². The lowest BCUT2D eigenvalue weighted by Gasteiger charge is -2.14. The van der Waals surface area contributed by atoms with Crippen molar-refractivity contribution >= 4 is 38.9 Å². The van der Waals surface area contributed by atoms with E-state index in [9.17, 15) is 17.6 Å². The molecule has 29 heavy (non-hydrogen) atoms. The van der Waals surface area contributed by atoms with E-state index < -0.39 is 21.7 Å². The van der Waals surface area contributed by atoms with Gasteiger partial charge in [0, 0.05) is 16.3 Å². The van der Waals surface area contributed by atoms with E-state index in [4.69, 9.17) is 16.3 Å². The van der Waals surface area contributed by atoms with Crippen LogP contribution in [0.3, 0.4) is 0 Å². The van der Waals surface area contributed by atoms with Gasteiger partial charge in [-0.2, -0.15) is 0 Å². The minimum absolute atomic E-state index is 0.112. The van der Waals surface area contributed by atoms with Gasteiger partial charge in [-0.15, -0.1) is 0 Å². The van der Waals surface area contributed by atoms with Gasteiger partial charge >= 0.3 is 0 Å². The number of carbonyl (C=O) groups is 1. The first-order valence-corrected chi connectivity index (χ1v) is 10.2. The lowest BCUT2D eigenvalue weighted by atomic mass is 10.2. The second-order valence-corrected chi connectivity index (χ2v) is 8.06. The lowest BCUT2D eigenvalue weighted by molar-refractivity contribution is 0.102. The fourth-order valence-corrected chi connectivity index (χ4v) is 3.77. The van der Waals surface area contributed by atoms with Crippen molar-refractivity contribution in [2.45, 2.75) is 4.90 Å². The third kappa shape index (κ3) is 5.04. The van der Waals surface area contributed by atoms with Crippen LogP contribution in [-0.2, 0) is 10.0 Å². The summed E-state index contributed by atoms with van der Waals surface area (Å²) >= 11 is 5.90. The first-order valence-electron chi connectivity index (χ1n) is 8.32. The summed E-state index contributed by atoms with van der Waals surface area (Å²) in [5.41, 5.74) is 0.801. The molecule has 0 bridgehead atoms. The highest BCUT2D eigenvalue weighted by atomic mass is 35.5. The van der Waals surface area contributed by atoms with Crippen LogP contribution in [0.4, 0.5) is 15.8 Å². The Morgan fingerprint density at radius 3 is 2.41 bits per heavy atom. The standard InChI is InChI=1S/C20H16ClFN2O4S/c1-28-19-10-7-16(23-20(25)13-3-2-4-14(21)11-13)12-18(19)24-29(26,27)17-8-5-15(22)6-9-17/h2-12,24H,1H3,(H,23,25). The monoisotopic (exact) mass is 434 g/mol. The summed E-state index contributed by atoms with van der Waals surface area (Å²) in [6.07, 6.45) is 0. The highest BCUT2D eigenvalue weighted by molar-refractivity contribution is 7.92. The number of benzene rings is 3. The predicted molar refractivity (Wildman–Crippen MR) is 110 cm³/mol. The number of amides is 1. The summed E-state index contributed by atoms with van der Waals surface area (Å²) in [5, 5.41) is 3.09. The Morgan fingerprint density at radius 1 is 1.03 bits per heavy atom. The van der Waals surface area contributed by atoms with Crippen molar-refractivity contribution in [2.75, 3.05) is 17.1 Å². The zero-order chi connectivity index (χ0) is 21.0. The molecule has 150 valence electrons. The van der Waals surface area contributed by atoms with Gasteiger partial charge in [0.15, 0.2) is 0 Å². The molecule has 0 unspecified atom stereocenters. The molecule has 1 amide bonds. The molecular weight excluding hydrogens is 419 g/mol. The molecule has 0 spiro atoms. The van der Waals surface area contributed by atoms with E-state index in [1.807, 2.05) is 0 Å². The molecule has 2 N–H and O–H groups in total. The summed E-state index contributed by atoms with van der Waals surface area (Å²) in [5.74, 6) is -0.714. The zero-order valence-corrected chi connectivity index (χ0v) is 16.7. The van der Waals surface area contributed by atoms with Crippen LogP contribution in [-0.4, -0.2) is 21.4 Å². The predicted octanol–water partition coefficient (Wildman–Crippen LogP) is 4.54. The molecule has 0 aliphatic heterocycles. The van der Waals surface area contributed by atoms with Crippen molar-refractivity contribution in [3.63, 3.8) is 0 Å². The van der Waals surface area contributed by atoms with Crippen LogP contribution in [0.15, 0.2) is 71.6 Å². The minimum atomic E-state index is -3.99. The van der Waals surface area contributed by atoms with Gasteiger partial charge in [-0.1, -0.05) is 17.7 Å². The average molecular weight is 435 g/mol. The molecule has 3 aromatic rings. The Bertz CT molecular complexity index is 1150. The normalized spacial score (nSPS) is 11.0. The lowest BCUT2D eigenvalue weighted by Crippen LogP contribution is -2.15. The van der Waals surface area contributed by atoms with Crippen molar-refractivity contribution in [1.82, 2.24) is 0 Å². The number of anilines is 2. The number of ether oxygens (including phenoxy) is 1. The molecule has 0 saturated carbocycles. The third-order valence-corrected chi connectivity index (χ3v) is 5.53. The number of halogens is 2. The van der Waals surface area contributed by atoms with Crippen LogP contribution >= 0.6 is 11.6 Å². The largest absolute Gasteiger partial charge is 0.495 e. The van der Waals surface area contributed by atoms with Crippen molar-refractivity contribution in [1.29, 1.82) is 0 Å². The fourth-order valence-electron chi connectivity index (χ4n) is 2.52. The van der Waals surface area contributed by atoms with Gasteiger partial charge in [-0.05, 0) is 60.7 Å². The molecule has 6 nitrogen and oxygen atoms in total. The van der Waals surface area contributed by atoms with E-state index in [0.29, 0.717) is 16.3 Å². The molecule has 0 radical (unpaired) electrons.